The SMILES string of the molecule is CCCC(N)c1cc2cc(OC)ccc2o1. The minimum absolute atomic E-state index is 0.0107. The van der Waals surface area contributed by atoms with Crippen molar-refractivity contribution in [3.8, 4) is 5.75 Å². The molecule has 3 heteroatoms. The van der Waals surface area contributed by atoms with Crippen molar-refractivity contribution in [2.45, 2.75) is 25.8 Å². The summed E-state index contributed by atoms with van der Waals surface area (Å²) in [6, 6.07) is 7.75. The molecule has 0 bridgehead atoms. The van der Waals surface area contributed by atoms with Gasteiger partial charge in [0.25, 0.3) is 0 Å². The zero-order valence-corrected chi connectivity index (χ0v) is 9.69. The first-order valence-electron chi connectivity index (χ1n) is 5.57. The highest BCUT2D eigenvalue weighted by Gasteiger charge is 2.11. The first-order chi connectivity index (χ1) is 7.74. The molecule has 0 amide bonds. The van der Waals surface area contributed by atoms with Crippen molar-refractivity contribution in [3.63, 3.8) is 0 Å². The molecule has 1 unspecified atom stereocenters. The number of nitrogens with two attached hydrogens (primary N) is 1. The zero-order chi connectivity index (χ0) is 11.5. The van der Waals surface area contributed by atoms with Crippen LogP contribution >= 0.6 is 0 Å². The predicted octanol–water partition coefficient (Wildman–Crippen LogP) is 3.24. The van der Waals surface area contributed by atoms with E-state index in [1.165, 1.54) is 0 Å². The first kappa shape index (κ1) is 11.0. The van der Waals surface area contributed by atoms with Gasteiger partial charge in [0.1, 0.15) is 17.1 Å². The third-order valence-corrected chi connectivity index (χ3v) is 2.71. The van der Waals surface area contributed by atoms with Gasteiger partial charge < -0.3 is 14.9 Å². The third kappa shape index (κ3) is 2.04. The lowest BCUT2D eigenvalue weighted by atomic mass is 10.1. The molecule has 1 atom stereocenters. The Morgan fingerprint density at radius 1 is 1.38 bits per heavy atom. The van der Waals surface area contributed by atoms with Crippen LogP contribution < -0.4 is 10.5 Å². The van der Waals surface area contributed by atoms with Crippen molar-refractivity contribution in [2.75, 3.05) is 7.11 Å². The lowest BCUT2D eigenvalue weighted by molar-refractivity contribution is 0.415. The topological polar surface area (TPSA) is 48.4 Å². The summed E-state index contributed by atoms with van der Waals surface area (Å²) < 4.78 is 10.9. The molecule has 0 radical (unpaired) electrons. The van der Waals surface area contributed by atoms with Crippen molar-refractivity contribution in [2.24, 2.45) is 5.73 Å². The summed E-state index contributed by atoms with van der Waals surface area (Å²) in [5.74, 6) is 1.69. The van der Waals surface area contributed by atoms with Crippen LogP contribution in [0.5, 0.6) is 5.75 Å². The summed E-state index contributed by atoms with van der Waals surface area (Å²) in [4.78, 5) is 0. The number of hydrogen-bond donors (Lipinski definition) is 1. The molecule has 1 heterocycles. The molecule has 3 nitrogen and oxygen atoms in total. The summed E-state index contributed by atoms with van der Waals surface area (Å²) in [5, 5.41) is 1.04. The van der Waals surface area contributed by atoms with E-state index in [0.717, 1.165) is 35.3 Å². The highest BCUT2D eigenvalue weighted by molar-refractivity contribution is 5.79. The minimum Gasteiger partial charge on any atom is -0.497 e. The van der Waals surface area contributed by atoms with Crippen LogP contribution in [0, 0.1) is 0 Å². The number of methoxy groups -OCH3 is 1. The lowest BCUT2D eigenvalue weighted by Gasteiger charge is -2.04. The van der Waals surface area contributed by atoms with Gasteiger partial charge in [-0.15, -0.1) is 0 Å². The van der Waals surface area contributed by atoms with Crippen LogP contribution in [-0.4, -0.2) is 7.11 Å². The standard InChI is InChI=1S/C13H17NO2/c1-3-4-11(14)13-8-9-7-10(15-2)5-6-12(9)16-13/h5-8,11H,3-4,14H2,1-2H3. The van der Waals surface area contributed by atoms with Crippen LogP contribution in [0.2, 0.25) is 0 Å². The Kier molecular flexibility index (Phi) is 3.15. The van der Waals surface area contributed by atoms with E-state index < -0.39 is 0 Å². The maximum Gasteiger partial charge on any atom is 0.134 e. The Balaban J connectivity index is 2.35. The van der Waals surface area contributed by atoms with Gasteiger partial charge in [0.2, 0.25) is 0 Å². The fourth-order valence-electron chi connectivity index (χ4n) is 1.80. The van der Waals surface area contributed by atoms with Crippen molar-refractivity contribution < 1.29 is 9.15 Å². The molecule has 0 spiro atoms. The van der Waals surface area contributed by atoms with Gasteiger partial charge in [-0.1, -0.05) is 13.3 Å². The predicted molar refractivity (Wildman–Crippen MR) is 64.6 cm³/mol. The molecule has 0 aliphatic heterocycles. The van der Waals surface area contributed by atoms with Crippen molar-refractivity contribution >= 4 is 11.0 Å². The Hall–Kier alpha value is -1.48. The van der Waals surface area contributed by atoms with Gasteiger partial charge in [-0.05, 0) is 30.7 Å². The van der Waals surface area contributed by atoms with E-state index in [1.54, 1.807) is 7.11 Å². The van der Waals surface area contributed by atoms with Crippen LogP contribution in [0.15, 0.2) is 28.7 Å². The molecule has 16 heavy (non-hydrogen) atoms. The molecule has 2 N–H and O–H groups in total. The molecule has 0 saturated heterocycles. The molecule has 0 aliphatic carbocycles. The van der Waals surface area contributed by atoms with Gasteiger partial charge in [0.15, 0.2) is 0 Å². The maximum atomic E-state index is 6.01. The second kappa shape index (κ2) is 4.58. The highest BCUT2D eigenvalue weighted by atomic mass is 16.5. The van der Waals surface area contributed by atoms with E-state index in [1.807, 2.05) is 24.3 Å². The second-order valence-corrected chi connectivity index (χ2v) is 3.95. The average Bonchev–Trinajstić information content (AvgIpc) is 2.71. The van der Waals surface area contributed by atoms with Gasteiger partial charge in [0, 0.05) is 5.39 Å². The molecule has 0 aliphatic rings. The molecule has 0 saturated carbocycles. The fourth-order valence-corrected chi connectivity index (χ4v) is 1.80. The Morgan fingerprint density at radius 3 is 2.88 bits per heavy atom. The molecule has 2 aromatic rings. The van der Waals surface area contributed by atoms with E-state index in [4.69, 9.17) is 14.9 Å². The van der Waals surface area contributed by atoms with E-state index in [-0.39, 0.29) is 6.04 Å². The summed E-state index contributed by atoms with van der Waals surface area (Å²) in [7, 11) is 1.66. The van der Waals surface area contributed by atoms with E-state index in [0.29, 0.717) is 0 Å². The summed E-state index contributed by atoms with van der Waals surface area (Å²) in [6.45, 7) is 2.12. The molecule has 0 fully saturated rings. The number of furan rings is 1. The number of rotatable bonds is 4. The average molecular weight is 219 g/mol. The molecular formula is C13H17NO2. The first-order valence-corrected chi connectivity index (χ1v) is 5.57. The largest absolute Gasteiger partial charge is 0.497 e. The fraction of sp³-hybridized carbons (Fsp3) is 0.385. The summed E-state index contributed by atoms with van der Waals surface area (Å²) in [6.07, 6.45) is 2.00. The summed E-state index contributed by atoms with van der Waals surface area (Å²) in [5.41, 5.74) is 6.88. The van der Waals surface area contributed by atoms with Crippen molar-refractivity contribution in [1.82, 2.24) is 0 Å². The molecule has 1 aromatic heterocycles. The Bertz CT molecular complexity index is 476. The lowest BCUT2D eigenvalue weighted by Crippen LogP contribution is -2.08. The van der Waals surface area contributed by atoms with Crippen LogP contribution in [0.25, 0.3) is 11.0 Å². The van der Waals surface area contributed by atoms with Crippen molar-refractivity contribution in [3.05, 3.63) is 30.0 Å². The Labute approximate surface area is 95.2 Å². The van der Waals surface area contributed by atoms with Crippen LogP contribution in [0.3, 0.4) is 0 Å². The van der Waals surface area contributed by atoms with Gasteiger partial charge in [-0.2, -0.15) is 0 Å². The van der Waals surface area contributed by atoms with Crippen LogP contribution in [-0.2, 0) is 0 Å². The zero-order valence-electron chi connectivity index (χ0n) is 9.69. The van der Waals surface area contributed by atoms with Crippen LogP contribution in [0.1, 0.15) is 31.6 Å². The normalized spacial score (nSPS) is 12.9. The highest BCUT2D eigenvalue weighted by Crippen LogP contribution is 2.27. The Morgan fingerprint density at radius 2 is 2.19 bits per heavy atom. The molecule has 86 valence electrons. The van der Waals surface area contributed by atoms with Crippen LogP contribution in [0.4, 0.5) is 0 Å². The van der Waals surface area contributed by atoms with E-state index in [2.05, 4.69) is 6.92 Å². The monoisotopic (exact) mass is 219 g/mol. The minimum atomic E-state index is -0.0107. The van der Waals surface area contributed by atoms with E-state index >= 15 is 0 Å². The van der Waals surface area contributed by atoms with Gasteiger partial charge in [0.05, 0.1) is 13.2 Å². The number of ether oxygens (including phenoxy) is 1. The quantitative estimate of drug-likeness (QED) is 0.858. The smallest absolute Gasteiger partial charge is 0.134 e. The molecular weight excluding hydrogens is 202 g/mol. The van der Waals surface area contributed by atoms with Gasteiger partial charge in [-0.3, -0.25) is 0 Å². The maximum absolute atomic E-state index is 6.01. The van der Waals surface area contributed by atoms with Crippen molar-refractivity contribution in [1.29, 1.82) is 0 Å². The number of hydrogen-bond acceptors (Lipinski definition) is 3. The van der Waals surface area contributed by atoms with E-state index in [9.17, 15) is 0 Å². The third-order valence-electron chi connectivity index (χ3n) is 2.71. The number of fused-ring (bicyclic) bond motifs is 1. The summed E-state index contributed by atoms with van der Waals surface area (Å²) >= 11 is 0. The van der Waals surface area contributed by atoms with Gasteiger partial charge in [-0.25, -0.2) is 0 Å². The van der Waals surface area contributed by atoms with Gasteiger partial charge >= 0.3 is 0 Å². The molecule has 1 aromatic carbocycles. The second-order valence-electron chi connectivity index (χ2n) is 3.95. The number of benzene rings is 1. The molecule has 2 rings (SSSR count).